The van der Waals surface area contributed by atoms with Crippen molar-refractivity contribution in [3.05, 3.63) is 47.3 Å². The van der Waals surface area contributed by atoms with Crippen LogP contribution in [-0.2, 0) is 17.9 Å². The number of hydrogen-bond donors (Lipinski definition) is 1. The number of fused-ring (bicyclic) bond motifs is 3. The first-order chi connectivity index (χ1) is 14.9. The van der Waals surface area contributed by atoms with Crippen molar-refractivity contribution in [1.29, 1.82) is 0 Å². The van der Waals surface area contributed by atoms with E-state index in [-0.39, 0.29) is 30.1 Å². The summed E-state index contributed by atoms with van der Waals surface area (Å²) >= 11 is 0. The Hall–Kier alpha value is -2.88. The zero-order chi connectivity index (χ0) is 21.6. The molecule has 1 unspecified atom stereocenters. The van der Waals surface area contributed by atoms with Crippen LogP contribution in [0, 0.1) is 5.82 Å². The Bertz CT molecular complexity index is 1000. The molecule has 1 atom stereocenters. The summed E-state index contributed by atoms with van der Waals surface area (Å²) in [7, 11) is 0. The summed E-state index contributed by atoms with van der Waals surface area (Å²) in [5.74, 6) is -0.287. The van der Waals surface area contributed by atoms with Crippen LogP contribution in [0.2, 0.25) is 0 Å². The number of aromatic nitrogens is 3. The number of amides is 2. The minimum Gasteiger partial charge on any atom is -0.345 e. The van der Waals surface area contributed by atoms with Gasteiger partial charge in [-0.05, 0) is 37.0 Å². The Labute approximate surface area is 178 Å². The molecule has 1 aliphatic carbocycles. The monoisotopic (exact) mass is 430 g/mol. The normalized spacial score (nSPS) is 22.3. The molecule has 3 aliphatic rings. The van der Waals surface area contributed by atoms with Crippen LogP contribution in [0.5, 0.6) is 0 Å². The van der Waals surface area contributed by atoms with Crippen LogP contribution in [0.4, 0.5) is 8.78 Å². The van der Waals surface area contributed by atoms with Crippen LogP contribution in [-0.4, -0.2) is 68.2 Å². The highest BCUT2D eigenvalue weighted by Crippen LogP contribution is 2.39. The second-order valence-corrected chi connectivity index (χ2v) is 8.46. The number of rotatable bonds is 4. The second kappa shape index (κ2) is 7.67. The third-order valence-corrected chi connectivity index (χ3v) is 6.57. The molecule has 164 valence electrons. The van der Waals surface area contributed by atoms with Gasteiger partial charge in [0.05, 0.1) is 6.04 Å². The minimum atomic E-state index is -1.71. The first-order valence-electron chi connectivity index (χ1n) is 10.6. The van der Waals surface area contributed by atoms with E-state index in [0.717, 1.165) is 12.0 Å². The molecule has 1 saturated heterocycles. The van der Waals surface area contributed by atoms with Crippen molar-refractivity contribution in [2.45, 2.75) is 44.1 Å². The van der Waals surface area contributed by atoms with E-state index in [4.69, 9.17) is 0 Å². The van der Waals surface area contributed by atoms with Gasteiger partial charge < -0.3 is 14.8 Å². The zero-order valence-corrected chi connectivity index (χ0v) is 17.1. The molecule has 1 aromatic heterocycles. The van der Waals surface area contributed by atoms with Gasteiger partial charge in [0.15, 0.2) is 11.5 Å². The van der Waals surface area contributed by atoms with Gasteiger partial charge in [-0.15, -0.1) is 10.2 Å². The molecular weight excluding hydrogens is 406 g/mol. The van der Waals surface area contributed by atoms with Gasteiger partial charge in [-0.3, -0.25) is 14.5 Å². The molecular formula is C21H24F2N6O2. The first kappa shape index (κ1) is 20.0. The highest BCUT2D eigenvalue weighted by molar-refractivity contribution is 5.90. The second-order valence-electron chi connectivity index (χ2n) is 8.46. The summed E-state index contributed by atoms with van der Waals surface area (Å²) < 4.78 is 29.5. The van der Waals surface area contributed by atoms with Crippen LogP contribution in [0.25, 0.3) is 0 Å². The van der Waals surface area contributed by atoms with Crippen LogP contribution in [0.15, 0.2) is 24.3 Å². The lowest BCUT2D eigenvalue weighted by Gasteiger charge is -2.46. The third kappa shape index (κ3) is 3.58. The van der Waals surface area contributed by atoms with E-state index in [2.05, 4.69) is 20.4 Å². The zero-order valence-electron chi connectivity index (χ0n) is 17.1. The predicted octanol–water partition coefficient (Wildman–Crippen LogP) is 1.44. The number of halogens is 2. The lowest BCUT2D eigenvalue weighted by atomic mass is 9.80. The number of hydrogen-bond acceptors (Lipinski definition) is 5. The molecule has 0 radical (unpaired) electrons. The van der Waals surface area contributed by atoms with Gasteiger partial charge >= 0.3 is 0 Å². The minimum absolute atomic E-state index is 0.207. The molecule has 1 saturated carbocycles. The molecule has 8 nitrogen and oxygen atoms in total. The maximum atomic E-state index is 14.6. The summed E-state index contributed by atoms with van der Waals surface area (Å²) in [5.41, 5.74) is -0.937. The molecule has 1 aromatic carbocycles. The Morgan fingerprint density at radius 2 is 1.84 bits per heavy atom. The van der Waals surface area contributed by atoms with Gasteiger partial charge in [-0.25, -0.2) is 8.78 Å². The summed E-state index contributed by atoms with van der Waals surface area (Å²) in [5, 5.41) is 11.1. The Kier molecular flexibility index (Phi) is 4.96. The van der Waals surface area contributed by atoms with E-state index in [1.54, 1.807) is 21.6 Å². The summed E-state index contributed by atoms with van der Waals surface area (Å²) in [6, 6.07) is 5.70. The molecule has 1 N–H and O–H groups in total. The van der Waals surface area contributed by atoms with Crippen molar-refractivity contribution in [3.63, 3.8) is 0 Å². The van der Waals surface area contributed by atoms with E-state index >= 15 is 0 Å². The summed E-state index contributed by atoms with van der Waals surface area (Å²) in [6.45, 7) is 3.01. The number of carbonyl (C=O) groups excluding carboxylic acids is 2. The lowest BCUT2D eigenvalue weighted by Crippen LogP contribution is -2.58. The molecule has 2 fully saturated rings. The van der Waals surface area contributed by atoms with Crippen molar-refractivity contribution in [2.75, 3.05) is 26.2 Å². The van der Waals surface area contributed by atoms with Gasteiger partial charge in [0.2, 0.25) is 5.82 Å². The molecule has 31 heavy (non-hydrogen) atoms. The van der Waals surface area contributed by atoms with Gasteiger partial charge in [-0.2, -0.15) is 0 Å². The molecule has 2 amide bonds. The molecule has 5 rings (SSSR count). The number of carbonyl (C=O) groups is 2. The third-order valence-electron chi connectivity index (χ3n) is 6.57. The summed E-state index contributed by atoms with van der Waals surface area (Å²) in [4.78, 5) is 29.1. The van der Waals surface area contributed by atoms with E-state index in [1.807, 2.05) is 0 Å². The first-order valence-corrected chi connectivity index (χ1v) is 10.6. The largest absolute Gasteiger partial charge is 0.345 e. The van der Waals surface area contributed by atoms with Crippen molar-refractivity contribution in [3.8, 4) is 0 Å². The van der Waals surface area contributed by atoms with E-state index in [0.29, 0.717) is 51.4 Å². The quantitative estimate of drug-likeness (QED) is 0.794. The number of benzene rings is 1. The van der Waals surface area contributed by atoms with E-state index in [9.17, 15) is 18.4 Å². The van der Waals surface area contributed by atoms with Crippen molar-refractivity contribution >= 4 is 11.8 Å². The van der Waals surface area contributed by atoms with E-state index < -0.39 is 11.6 Å². The van der Waals surface area contributed by atoms with Crippen molar-refractivity contribution < 1.29 is 18.4 Å². The predicted molar refractivity (Wildman–Crippen MR) is 106 cm³/mol. The molecule has 2 aromatic rings. The average Bonchev–Trinajstić information content (AvgIpc) is 3.21. The Balaban J connectivity index is 1.29. The van der Waals surface area contributed by atoms with Crippen LogP contribution in [0.3, 0.4) is 0 Å². The van der Waals surface area contributed by atoms with Gasteiger partial charge in [0.25, 0.3) is 11.8 Å². The van der Waals surface area contributed by atoms with Crippen molar-refractivity contribution in [1.82, 2.24) is 29.9 Å². The number of alkyl halides is 1. The molecule has 2 aliphatic heterocycles. The van der Waals surface area contributed by atoms with Gasteiger partial charge in [0.1, 0.15) is 5.82 Å². The molecule has 0 bridgehead atoms. The fraction of sp³-hybridized carbons (Fsp3) is 0.524. The maximum absolute atomic E-state index is 14.6. The maximum Gasteiger partial charge on any atom is 0.289 e. The lowest BCUT2D eigenvalue weighted by molar-refractivity contribution is -0.153. The van der Waals surface area contributed by atoms with E-state index in [1.165, 1.54) is 12.1 Å². The molecule has 0 spiro atoms. The topological polar surface area (TPSA) is 83.4 Å². The van der Waals surface area contributed by atoms with Crippen LogP contribution < -0.4 is 5.32 Å². The smallest absolute Gasteiger partial charge is 0.289 e. The Morgan fingerprint density at radius 1 is 1.10 bits per heavy atom. The Morgan fingerprint density at radius 3 is 2.55 bits per heavy atom. The highest BCUT2D eigenvalue weighted by Gasteiger charge is 2.49. The van der Waals surface area contributed by atoms with Gasteiger partial charge in [0, 0.05) is 39.3 Å². The SMILES string of the molecule is O=C(NCc1ccc(F)cc1)c1nnc2n1CCN1CCN(C(=O)C3(F)CCC3)CC21. The fourth-order valence-electron chi connectivity index (χ4n) is 4.54. The number of piperazine rings is 1. The fourth-order valence-corrected chi connectivity index (χ4v) is 4.54. The van der Waals surface area contributed by atoms with Crippen LogP contribution >= 0.6 is 0 Å². The average molecular weight is 430 g/mol. The number of nitrogens with one attached hydrogen (secondary N) is 1. The molecule has 3 heterocycles. The van der Waals surface area contributed by atoms with Gasteiger partial charge in [-0.1, -0.05) is 12.1 Å². The highest BCUT2D eigenvalue weighted by atomic mass is 19.1. The molecule has 10 heteroatoms. The van der Waals surface area contributed by atoms with Crippen LogP contribution in [0.1, 0.15) is 47.3 Å². The van der Waals surface area contributed by atoms with Crippen molar-refractivity contribution in [2.24, 2.45) is 0 Å². The number of nitrogens with zero attached hydrogens (tertiary/aromatic N) is 5. The summed E-state index contributed by atoms with van der Waals surface area (Å²) in [6.07, 6.45) is 1.34. The standard InChI is InChI=1S/C21H24F2N6O2/c22-15-4-2-14(3-5-15)12-24-19(30)18-26-25-17-16-13-28(20(31)21(23)6-1-7-21)9-8-27(16)10-11-29(17)18/h2-5,16H,1,6-13H2,(H,24,30).